The van der Waals surface area contributed by atoms with Gasteiger partial charge in [0, 0.05) is 0 Å². The summed E-state index contributed by atoms with van der Waals surface area (Å²) in [4.78, 5) is 0. The third-order valence-electron chi connectivity index (χ3n) is 0.667. The van der Waals surface area contributed by atoms with Crippen molar-refractivity contribution < 1.29 is 10.2 Å². The minimum atomic E-state index is 0.750. The highest BCUT2D eigenvalue weighted by Crippen LogP contribution is 1.79. The van der Waals surface area contributed by atoms with Crippen molar-refractivity contribution in [2.24, 2.45) is 0 Å². The summed E-state index contributed by atoms with van der Waals surface area (Å²) in [6, 6.07) is 12.0. The molecule has 0 aliphatic heterocycles. The zero-order valence-electron chi connectivity index (χ0n) is 7.67. The van der Waals surface area contributed by atoms with Crippen LogP contribution in [0.25, 0.3) is 0 Å². The molecule has 0 atom stereocenters. The number of hydrogen-bond acceptors (Lipinski definition) is 4. The van der Waals surface area contributed by atoms with E-state index in [0.29, 0.717) is 0 Å². The number of aliphatic hydroxyl groups excluding tert-OH is 2. The number of rotatable bonds is 0. The van der Waals surface area contributed by atoms with Gasteiger partial charge in [-0.25, -0.2) is 0 Å². The lowest BCUT2D eigenvalue weighted by Gasteiger charge is -1.69. The van der Waals surface area contributed by atoms with Crippen LogP contribution in [-0.2, 0) is 0 Å². The largest absolute Gasteiger partial charge is 0.443 e. The summed E-state index contributed by atoms with van der Waals surface area (Å²) < 4.78 is 0. The standard InChI is InChI=1S/C6H6.C2H4.2CHNO/c1-2-4-6-5-3-1;1-2;2*2-1-3/h1-6H;1-2H2;2*3H. The van der Waals surface area contributed by atoms with Crippen LogP contribution in [-0.4, -0.2) is 10.2 Å². The van der Waals surface area contributed by atoms with E-state index in [0.717, 1.165) is 12.5 Å². The lowest BCUT2D eigenvalue weighted by Crippen LogP contribution is -1.47. The number of aliphatic hydroxyl groups is 2. The molecule has 0 unspecified atom stereocenters. The number of benzene rings is 1. The molecule has 0 radical (unpaired) electrons. The average molecular weight is 192 g/mol. The van der Waals surface area contributed by atoms with Crippen LogP contribution < -0.4 is 0 Å². The molecule has 0 aromatic heterocycles. The van der Waals surface area contributed by atoms with Gasteiger partial charge in [0.25, 0.3) is 12.5 Å². The molecule has 0 saturated heterocycles. The van der Waals surface area contributed by atoms with E-state index in [-0.39, 0.29) is 0 Å². The quantitative estimate of drug-likeness (QED) is 0.487. The van der Waals surface area contributed by atoms with Crippen molar-refractivity contribution in [3.63, 3.8) is 0 Å². The molecule has 0 heterocycles. The summed E-state index contributed by atoms with van der Waals surface area (Å²) in [6.07, 6.45) is 1.50. The monoisotopic (exact) mass is 192 g/mol. The molecule has 1 rings (SSSR count). The molecule has 4 heteroatoms. The first-order valence-electron chi connectivity index (χ1n) is 3.39. The Morgan fingerprint density at radius 2 is 0.786 bits per heavy atom. The fourth-order valence-corrected chi connectivity index (χ4v) is 0.385. The third kappa shape index (κ3) is 55.5. The lowest BCUT2D eigenvalue weighted by molar-refractivity contribution is 0.502. The zero-order chi connectivity index (χ0) is 11.7. The van der Waals surface area contributed by atoms with Gasteiger partial charge in [-0.2, -0.15) is 10.5 Å². The third-order valence-corrected chi connectivity index (χ3v) is 0.667. The van der Waals surface area contributed by atoms with Crippen molar-refractivity contribution in [1.29, 1.82) is 10.5 Å². The van der Waals surface area contributed by atoms with Crippen molar-refractivity contribution in [2.75, 3.05) is 0 Å². The van der Waals surface area contributed by atoms with Crippen LogP contribution in [0.4, 0.5) is 0 Å². The van der Waals surface area contributed by atoms with Crippen LogP contribution in [0.1, 0.15) is 0 Å². The van der Waals surface area contributed by atoms with Gasteiger partial charge in [-0.3, -0.25) is 0 Å². The summed E-state index contributed by atoms with van der Waals surface area (Å²) in [5.74, 6) is 0. The van der Waals surface area contributed by atoms with E-state index in [1.807, 2.05) is 36.4 Å². The predicted molar refractivity (Wildman–Crippen MR) is 52.8 cm³/mol. The van der Waals surface area contributed by atoms with Gasteiger partial charge in [0.2, 0.25) is 0 Å². The molecule has 0 aliphatic carbocycles. The van der Waals surface area contributed by atoms with Gasteiger partial charge in [-0.15, -0.1) is 13.2 Å². The Morgan fingerprint density at radius 1 is 0.714 bits per heavy atom. The van der Waals surface area contributed by atoms with Gasteiger partial charge in [-0.05, 0) is 0 Å². The van der Waals surface area contributed by atoms with Crippen molar-refractivity contribution in [3.8, 4) is 12.5 Å². The number of nitriles is 2. The van der Waals surface area contributed by atoms with Gasteiger partial charge in [0.15, 0.2) is 0 Å². The molecular weight excluding hydrogens is 180 g/mol. The summed E-state index contributed by atoms with van der Waals surface area (Å²) in [5.41, 5.74) is 0. The van der Waals surface area contributed by atoms with E-state index in [4.69, 9.17) is 20.7 Å². The minimum absolute atomic E-state index is 0.750. The summed E-state index contributed by atoms with van der Waals surface area (Å²) in [5, 5.41) is 27.5. The van der Waals surface area contributed by atoms with Crippen LogP contribution in [0.3, 0.4) is 0 Å². The molecule has 1 aromatic carbocycles. The Labute approximate surface area is 83.6 Å². The lowest BCUT2D eigenvalue weighted by atomic mass is 10.4. The number of hydrogen-bond donors (Lipinski definition) is 2. The van der Waals surface area contributed by atoms with E-state index in [1.54, 1.807) is 0 Å². The summed E-state index contributed by atoms with van der Waals surface area (Å²) in [7, 11) is 0. The molecule has 14 heavy (non-hydrogen) atoms. The molecule has 0 amide bonds. The van der Waals surface area contributed by atoms with E-state index in [9.17, 15) is 0 Å². The molecule has 74 valence electrons. The molecule has 2 N–H and O–H groups in total. The Hall–Kier alpha value is -2.46. The Balaban J connectivity index is -0.000000132. The summed E-state index contributed by atoms with van der Waals surface area (Å²) in [6.45, 7) is 6.00. The van der Waals surface area contributed by atoms with Gasteiger partial charge in [0.1, 0.15) is 0 Å². The van der Waals surface area contributed by atoms with Gasteiger partial charge >= 0.3 is 0 Å². The highest BCUT2D eigenvalue weighted by Gasteiger charge is 1.57. The molecule has 0 spiro atoms. The zero-order valence-corrected chi connectivity index (χ0v) is 7.67. The van der Waals surface area contributed by atoms with Crippen LogP contribution in [0, 0.1) is 23.0 Å². The van der Waals surface area contributed by atoms with Crippen LogP contribution >= 0.6 is 0 Å². The maximum Gasteiger partial charge on any atom is 0.283 e. The Bertz CT molecular complexity index is 210. The summed E-state index contributed by atoms with van der Waals surface area (Å²) >= 11 is 0. The van der Waals surface area contributed by atoms with Crippen molar-refractivity contribution in [2.45, 2.75) is 0 Å². The van der Waals surface area contributed by atoms with Crippen molar-refractivity contribution >= 4 is 0 Å². The molecule has 1 aromatic rings. The van der Waals surface area contributed by atoms with Crippen molar-refractivity contribution in [3.05, 3.63) is 49.6 Å². The van der Waals surface area contributed by atoms with Crippen molar-refractivity contribution in [1.82, 2.24) is 0 Å². The van der Waals surface area contributed by atoms with Crippen LogP contribution in [0.15, 0.2) is 49.6 Å². The first-order chi connectivity index (χ1) is 6.83. The second kappa shape index (κ2) is 31.3. The Morgan fingerprint density at radius 3 is 0.857 bits per heavy atom. The molecule has 0 saturated carbocycles. The second-order valence-corrected chi connectivity index (χ2v) is 1.35. The first-order valence-corrected chi connectivity index (χ1v) is 3.39. The highest BCUT2D eigenvalue weighted by molar-refractivity contribution is 4.99. The second-order valence-electron chi connectivity index (χ2n) is 1.35. The molecular formula is C10H12N2O2. The van der Waals surface area contributed by atoms with E-state index in [1.165, 1.54) is 0 Å². The molecule has 0 fully saturated rings. The first kappa shape index (κ1) is 17.6. The fourth-order valence-electron chi connectivity index (χ4n) is 0.385. The maximum atomic E-state index is 6.88. The minimum Gasteiger partial charge on any atom is -0.443 e. The smallest absolute Gasteiger partial charge is 0.283 e. The van der Waals surface area contributed by atoms with Gasteiger partial charge < -0.3 is 10.2 Å². The topological polar surface area (TPSA) is 88.0 Å². The average Bonchev–Trinajstić information content (AvgIpc) is 2.26. The van der Waals surface area contributed by atoms with E-state index in [2.05, 4.69) is 13.2 Å². The maximum absolute atomic E-state index is 6.88. The predicted octanol–water partition coefficient (Wildman–Crippen LogP) is 2.17. The van der Waals surface area contributed by atoms with E-state index >= 15 is 0 Å². The van der Waals surface area contributed by atoms with E-state index < -0.39 is 0 Å². The normalized spacial score (nSPS) is 4.71. The SMILES string of the molecule is C=C.N#CO.N#CO.c1ccccc1. The van der Waals surface area contributed by atoms with Gasteiger partial charge in [0.05, 0.1) is 0 Å². The number of nitrogens with zero attached hydrogens (tertiary/aromatic N) is 2. The fraction of sp³-hybridized carbons (Fsp3) is 0. The van der Waals surface area contributed by atoms with Crippen LogP contribution in [0.2, 0.25) is 0 Å². The Kier molecular flexibility index (Phi) is 39.2. The molecule has 0 aliphatic rings. The molecule has 4 nitrogen and oxygen atoms in total. The van der Waals surface area contributed by atoms with Crippen LogP contribution in [0.5, 0.6) is 0 Å². The van der Waals surface area contributed by atoms with Gasteiger partial charge in [-0.1, -0.05) is 36.4 Å². The molecule has 0 bridgehead atoms. The highest BCUT2D eigenvalue weighted by atomic mass is 16.2.